The van der Waals surface area contributed by atoms with Crippen molar-refractivity contribution < 1.29 is 0 Å². The third-order valence-corrected chi connectivity index (χ3v) is 9.75. The van der Waals surface area contributed by atoms with E-state index >= 15 is 0 Å². The molecule has 264 valence electrons. The molecule has 1 aromatic heterocycles. The van der Waals surface area contributed by atoms with Gasteiger partial charge < -0.3 is 9.47 Å². The molecule has 0 spiro atoms. The summed E-state index contributed by atoms with van der Waals surface area (Å²) < 4.78 is 2.30. The van der Waals surface area contributed by atoms with Crippen molar-refractivity contribution in [3.8, 4) is 12.3 Å². The van der Waals surface area contributed by atoms with E-state index in [0.717, 1.165) is 74.2 Å². The number of terminal acetylenes is 1. The van der Waals surface area contributed by atoms with Crippen molar-refractivity contribution in [2.45, 2.75) is 40.5 Å². The highest BCUT2D eigenvalue weighted by molar-refractivity contribution is 5.97. The van der Waals surface area contributed by atoms with E-state index < -0.39 is 0 Å². The minimum absolute atomic E-state index is 0.658. The third kappa shape index (κ3) is 8.44. The molecule has 1 aliphatic heterocycles. The number of aryl methyl sites for hydroxylation is 1. The molecule has 53 heavy (non-hydrogen) atoms. The van der Waals surface area contributed by atoms with Gasteiger partial charge in [0.2, 0.25) is 0 Å². The lowest BCUT2D eigenvalue weighted by atomic mass is 9.99. The first-order chi connectivity index (χ1) is 25.8. The molecule has 2 heteroatoms. The molecular weight excluding hydrogens is 641 g/mol. The summed E-state index contributed by atoms with van der Waals surface area (Å²) in [5.74, 6) is 2.85. The van der Waals surface area contributed by atoms with Gasteiger partial charge in [-0.3, -0.25) is 0 Å². The van der Waals surface area contributed by atoms with Crippen LogP contribution in [0.2, 0.25) is 0 Å². The van der Waals surface area contributed by atoms with E-state index in [9.17, 15) is 0 Å². The van der Waals surface area contributed by atoms with Crippen LogP contribution in [0.5, 0.6) is 0 Å². The predicted octanol–water partition coefficient (Wildman–Crippen LogP) is 13.2. The van der Waals surface area contributed by atoms with Crippen LogP contribution in [0.3, 0.4) is 0 Å². The van der Waals surface area contributed by atoms with Crippen molar-refractivity contribution in [3.05, 3.63) is 209 Å². The second kappa shape index (κ2) is 17.8. The fourth-order valence-electron chi connectivity index (χ4n) is 6.90. The fourth-order valence-corrected chi connectivity index (χ4v) is 6.90. The van der Waals surface area contributed by atoms with Crippen molar-refractivity contribution in [1.29, 1.82) is 0 Å². The molecule has 0 aliphatic carbocycles. The quantitative estimate of drug-likeness (QED) is 0.106. The Morgan fingerprint density at radius 2 is 1.60 bits per heavy atom. The molecule has 0 fully saturated rings. The summed E-state index contributed by atoms with van der Waals surface area (Å²) in [7, 11) is 0. The Kier molecular flexibility index (Phi) is 12.7. The van der Waals surface area contributed by atoms with E-state index in [-0.39, 0.29) is 0 Å². The molecule has 5 rings (SSSR count). The first-order valence-corrected chi connectivity index (χ1v) is 18.3. The Bertz CT molecular complexity index is 2330. The Balaban J connectivity index is 1.66. The molecular formula is C51H50N2. The van der Waals surface area contributed by atoms with Gasteiger partial charge >= 0.3 is 0 Å². The summed E-state index contributed by atoms with van der Waals surface area (Å²) in [4.78, 5) is 2.38. The summed E-state index contributed by atoms with van der Waals surface area (Å²) in [5, 5.41) is 1.16. The van der Waals surface area contributed by atoms with Crippen molar-refractivity contribution in [2.75, 3.05) is 6.54 Å². The number of nitrogens with zero attached hydrogens (tertiary/aromatic N) is 2. The number of benzene rings is 3. The Morgan fingerprint density at radius 1 is 0.887 bits per heavy atom. The molecule has 2 heterocycles. The van der Waals surface area contributed by atoms with Gasteiger partial charge in [0.15, 0.2) is 0 Å². The topological polar surface area (TPSA) is 8.17 Å². The zero-order valence-electron chi connectivity index (χ0n) is 31.7. The second-order valence-electron chi connectivity index (χ2n) is 13.0. The maximum absolute atomic E-state index is 5.91. The van der Waals surface area contributed by atoms with Crippen molar-refractivity contribution in [2.24, 2.45) is 0 Å². The number of hydrogen-bond donors (Lipinski definition) is 0. The highest BCUT2D eigenvalue weighted by Crippen LogP contribution is 2.35. The van der Waals surface area contributed by atoms with Crippen molar-refractivity contribution in [3.63, 3.8) is 0 Å². The van der Waals surface area contributed by atoms with Crippen LogP contribution >= 0.6 is 0 Å². The summed E-state index contributed by atoms with van der Waals surface area (Å²) >= 11 is 0. The first-order valence-electron chi connectivity index (χ1n) is 18.3. The molecule has 0 saturated heterocycles. The Morgan fingerprint density at radius 3 is 2.30 bits per heavy atom. The van der Waals surface area contributed by atoms with Gasteiger partial charge in [0.05, 0.1) is 5.52 Å². The number of hydrogen-bond acceptors (Lipinski definition) is 1. The van der Waals surface area contributed by atoms with Gasteiger partial charge in [0.1, 0.15) is 0 Å². The molecule has 3 aromatic carbocycles. The predicted molar refractivity (Wildman–Crippen MR) is 234 cm³/mol. The standard InChI is InChI=1S/C51H50N2/c1-10-15-25-47-38(7)27-29-43(33-34-52(40(47)9)46(13-4)35-44-24-20-19-22-41(44)12-3)45-31-32-51-49(36-45)48(26-16-11-2)50(14-5)53(51)39(8)28-30-42-23-18-17-21-37(42)6/h3,10-11,15-33,35-36H,1-2,7-8,13-14,34H2,4-6,9H3/b25-15-,26-16-,29-27-,30-28-,43-33+,46-35+,47-40-. The summed E-state index contributed by atoms with van der Waals surface area (Å²) in [6.07, 6.45) is 32.6. The zero-order chi connectivity index (χ0) is 37.9. The Labute approximate surface area is 317 Å². The maximum atomic E-state index is 5.91. The summed E-state index contributed by atoms with van der Waals surface area (Å²) in [6, 6.07) is 23.3. The van der Waals surface area contributed by atoms with Crippen LogP contribution in [-0.2, 0) is 6.42 Å². The van der Waals surface area contributed by atoms with E-state index in [1.54, 1.807) is 6.08 Å². The number of fused-ring (bicyclic) bond motifs is 1. The van der Waals surface area contributed by atoms with Crippen molar-refractivity contribution >= 4 is 40.4 Å². The van der Waals surface area contributed by atoms with E-state index in [1.807, 2.05) is 36.4 Å². The van der Waals surface area contributed by atoms with Crippen LogP contribution in [0.1, 0.15) is 66.3 Å². The molecule has 0 atom stereocenters. The molecule has 0 unspecified atom stereocenters. The van der Waals surface area contributed by atoms with Crippen molar-refractivity contribution in [1.82, 2.24) is 9.47 Å². The Hall–Kier alpha value is -6.30. The second-order valence-corrected chi connectivity index (χ2v) is 13.0. The SMILES string of the molecule is C#Cc1ccccc1/C=C(\CC)N1C/C=C(c2ccc3c(c2)c(/C=C\C=C)c(CC)n3C(=C)/C=C\c2ccccc2C)\C=C/C(=C)C(/C=C\C=C)=C\1C. The number of rotatable bonds is 12. The molecule has 2 nitrogen and oxygen atoms in total. The molecule has 4 aromatic rings. The normalized spacial score (nSPS) is 17.1. The molecule has 0 bridgehead atoms. The lowest BCUT2D eigenvalue weighted by molar-refractivity contribution is 0.460. The monoisotopic (exact) mass is 690 g/mol. The van der Waals surface area contributed by atoms with Crippen LogP contribution in [0.4, 0.5) is 0 Å². The number of aromatic nitrogens is 1. The first kappa shape index (κ1) is 37.9. The molecule has 0 N–H and O–H groups in total. The average molecular weight is 691 g/mol. The lowest BCUT2D eigenvalue weighted by Crippen LogP contribution is -2.22. The van der Waals surface area contributed by atoms with Crippen LogP contribution in [0, 0.1) is 19.3 Å². The van der Waals surface area contributed by atoms with E-state index in [4.69, 9.17) is 6.42 Å². The van der Waals surface area contributed by atoms with Crippen LogP contribution in [0.15, 0.2) is 170 Å². The van der Waals surface area contributed by atoms with Gasteiger partial charge in [-0.2, -0.15) is 0 Å². The lowest BCUT2D eigenvalue weighted by Gasteiger charge is -2.29. The van der Waals surface area contributed by atoms with Crippen LogP contribution in [0.25, 0.3) is 40.4 Å². The van der Waals surface area contributed by atoms with Crippen LogP contribution < -0.4 is 0 Å². The van der Waals surface area contributed by atoms with Gasteiger partial charge in [-0.05, 0) is 90.4 Å². The van der Waals surface area contributed by atoms with E-state index in [1.165, 1.54) is 22.4 Å². The average Bonchev–Trinajstić information content (AvgIpc) is 3.51. The van der Waals surface area contributed by atoms with E-state index in [0.29, 0.717) is 6.54 Å². The number of allylic oxidation sites excluding steroid dienone is 14. The minimum atomic E-state index is 0.658. The van der Waals surface area contributed by atoms with Gasteiger partial charge in [0.25, 0.3) is 0 Å². The van der Waals surface area contributed by atoms with E-state index in [2.05, 4.69) is 167 Å². The highest BCUT2D eigenvalue weighted by Gasteiger charge is 2.19. The third-order valence-electron chi connectivity index (χ3n) is 9.75. The molecule has 1 aliphatic rings. The molecule has 0 saturated carbocycles. The van der Waals surface area contributed by atoms with Gasteiger partial charge in [0, 0.05) is 51.4 Å². The largest absolute Gasteiger partial charge is 0.344 e. The zero-order valence-corrected chi connectivity index (χ0v) is 31.7. The maximum Gasteiger partial charge on any atom is 0.0537 e. The van der Waals surface area contributed by atoms with Crippen LogP contribution in [-0.4, -0.2) is 16.0 Å². The fraction of sp³-hybridized carbons (Fsp3) is 0.137. The molecule has 0 amide bonds. The molecule has 0 radical (unpaired) electrons. The smallest absolute Gasteiger partial charge is 0.0537 e. The summed E-state index contributed by atoms with van der Waals surface area (Å²) in [5.41, 5.74) is 15.2. The highest BCUT2D eigenvalue weighted by atomic mass is 15.1. The van der Waals surface area contributed by atoms with Gasteiger partial charge in [-0.25, -0.2) is 0 Å². The summed E-state index contributed by atoms with van der Waals surface area (Å²) in [6.45, 7) is 26.3. The van der Waals surface area contributed by atoms with Gasteiger partial charge in [-0.15, -0.1) is 6.42 Å². The van der Waals surface area contributed by atoms with Gasteiger partial charge in [-0.1, -0.05) is 155 Å². The minimum Gasteiger partial charge on any atom is -0.344 e.